The molecule has 0 spiro atoms. The molecule has 3 heterocycles. The number of para-hydroxylation sites is 1. The molecule has 0 unspecified atom stereocenters. The molecule has 0 bridgehead atoms. The molecule has 0 saturated heterocycles. The molecule has 4 aromatic rings. The van der Waals surface area contributed by atoms with Crippen LogP contribution < -0.4 is 20.5 Å². The Kier molecular flexibility index (Phi) is 5.27. The third-order valence-electron chi connectivity index (χ3n) is 6.05. The number of rotatable bonds is 4. The zero-order valence-electron chi connectivity index (χ0n) is 19.8. The molecule has 2 aromatic heterocycles. The lowest BCUT2D eigenvalue weighted by Crippen LogP contribution is -2.44. The third-order valence-corrected chi connectivity index (χ3v) is 6.05. The molecule has 9 heteroatoms. The highest BCUT2D eigenvalue weighted by Gasteiger charge is 2.32. The number of aromatic nitrogens is 4. The maximum Gasteiger partial charge on any atom is 0.262 e. The first-order valence-corrected chi connectivity index (χ1v) is 11.5. The van der Waals surface area contributed by atoms with E-state index in [1.165, 1.54) is 0 Å². The number of nitrogens with zero attached hydrogens (tertiary/aromatic N) is 5. The maximum atomic E-state index is 13.0. The molecule has 5 rings (SSSR count). The van der Waals surface area contributed by atoms with Gasteiger partial charge in [-0.1, -0.05) is 32.9 Å². The molecule has 1 N–H and O–H groups in total. The summed E-state index contributed by atoms with van der Waals surface area (Å²) in [5, 5.41) is 12.7. The van der Waals surface area contributed by atoms with Crippen molar-refractivity contribution in [3.63, 3.8) is 0 Å². The van der Waals surface area contributed by atoms with Gasteiger partial charge in [-0.2, -0.15) is 0 Å². The average Bonchev–Trinajstić information content (AvgIpc) is 3.25. The number of nitrogens with one attached hydrogen (secondary N) is 1. The average molecular weight is 461 g/mol. The normalized spacial score (nSPS) is 13.7. The van der Waals surface area contributed by atoms with Crippen LogP contribution in [0, 0.1) is 5.41 Å². The van der Waals surface area contributed by atoms with Crippen molar-refractivity contribution in [2.75, 3.05) is 23.4 Å². The number of fused-ring (bicyclic) bond motifs is 4. The molecule has 0 saturated carbocycles. The van der Waals surface area contributed by atoms with Crippen molar-refractivity contribution < 1.29 is 9.53 Å². The van der Waals surface area contributed by atoms with E-state index in [0.717, 1.165) is 16.9 Å². The van der Waals surface area contributed by atoms with Gasteiger partial charge in [-0.3, -0.25) is 18.6 Å². The van der Waals surface area contributed by atoms with Gasteiger partial charge in [0, 0.05) is 17.6 Å². The van der Waals surface area contributed by atoms with Crippen molar-refractivity contribution in [1.82, 2.24) is 19.2 Å². The third kappa shape index (κ3) is 3.57. The van der Waals surface area contributed by atoms with Gasteiger partial charge in [0.2, 0.25) is 11.7 Å². The van der Waals surface area contributed by atoms with Crippen LogP contribution in [0.1, 0.15) is 33.5 Å². The Morgan fingerprint density at radius 2 is 1.94 bits per heavy atom. The maximum absolute atomic E-state index is 13.0. The molecule has 9 nitrogen and oxygen atoms in total. The number of carbonyl (C=O) groups is 1. The molecular formula is C25H28N6O3. The van der Waals surface area contributed by atoms with Gasteiger partial charge in [-0.15, -0.1) is 10.2 Å². The number of anilines is 2. The van der Waals surface area contributed by atoms with E-state index in [0.29, 0.717) is 49.0 Å². The van der Waals surface area contributed by atoms with Crippen molar-refractivity contribution in [3.8, 4) is 5.75 Å². The summed E-state index contributed by atoms with van der Waals surface area (Å²) in [6.07, 6.45) is 0. The molecule has 0 atom stereocenters. The minimum absolute atomic E-state index is 0.0571. The van der Waals surface area contributed by atoms with Crippen LogP contribution in [-0.4, -0.2) is 38.2 Å². The van der Waals surface area contributed by atoms with Crippen LogP contribution in [0.25, 0.3) is 16.7 Å². The Bertz CT molecular complexity index is 1460. The zero-order valence-corrected chi connectivity index (χ0v) is 19.8. The monoisotopic (exact) mass is 460 g/mol. The molecule has 0 radical (unpaired) electrons. The number of amides is 1. The van der Waals surface area contributed by atoms with E-state index < -0.39 is 5.41 Å². The first-order valence-electron chi connectivity index (χ1n) is 11.5. The van der Waals surface area contributed by atoms with Crippen LogP contribution in [0.15, 0.2) is 47.3 Å². The Hall–Kier alpha value is -3.88. The van der Waals surface area contributed by atoms with Crippen LogP contribution in [0.5, 0.6) is 5.75 Å². The van der Waals surface area contributed by atoms with E-state index in [4.69, 9.17) is 4.74 Å². The largest absolute Gasteiger partial charge is 0.490 e. The van der Waals surface area contributed by atoms with Gasteiger partial charge in [0.05, 0.1) is 29.7 Å². The van der Waals surface area contributed by atoms with Crippen molar-refractivity contribution in [3.05, 3.63) is 58.6 Å². The smallest absolute Gasteiger partial charge is 0.262 e. The summed E-state index contributed by atoms with van der Waals surface area (Å²) < 4.78 is 9.33. The van der Waals surface area contributed by atoms with Crippen LogP contribution in [0.3, 0.4) is 0 Å². The number of ether oxygens (including phenoxy) is 1. The molecule has 34 heavy (non-hydrogen) atoms. The molecule has 1 aliphatic rings. The second kappa shape index (κ2) is 8.16. The van der Waals surface area contributed by atoms with Gasteiger partial charge in [-0.25, -0.2) is 0 Å². The standard InChI is InChI=1S/C25H28N6O3/c1-5-29-22(32)17-8-6-7-9-18(17)31-21(27-28-24(29)31)15-26-16-10-11-20-19(14-16)30(12-13-34-20)23(33)25(2,3)4/h6-11,14,26H,5,12-13,15H2,1-4H3. The quantitative estimate of drug-likeness (QED) is 0.501. The first-order chi connectivity index (χ1) is 16.3. The van der Waals surface area contributed by atoms with Crippen LogP contribution in [0.4, 0.5) is 11.4 Å². The molecule has 176 valence electrons. The summed E-state index contributed by atoms with van der Waals surface area (Å²) in [7, 11) is 0. The Labute approximate surface area is 197 Å². The summed E-state index contributed by atoms with van der Waals surface area (Å²) in [6, 6.07) is 13.2. The summed E-state index contributed by atoms with van der Waals surface area (Å²) >= 11 is 0. The fraction of sp³-hybridized carbons (Fsp3) is 0.360. The predicted molar refractivity (Wildman–Crippen MR) is 131 cm³/mol. The van der Waals surface area contributed by atoms with Crippen LogP contribution in [0.2, 0.25) is 0 Å². The highest BCUT2D eigenvalue weighted by atomic mass is 16.5. The highest BCUT2D eigenvalue weighted by Crippen LogP contribution is 2.36. The number of hydrogen-bond acceptors (Lipinski definition) is 6. The lowest BCUT2D eigenvalue weighted by Gasteiger charge is -2.34. The van der Waals surface area contributed by atoms with Gasteiger partial charge < -0.3 is 15.0 Å². The Balaban J connectivity index is 1.50. The molecule has 0 aliphatic carbocycles. The first kappa shape index (κ1) is 21.9. The van der Waals surface area contributed by atoms with Gasteiger partial charge in [0.25, 0.3) is 5.56 Å². The predicted octanol–water partition coefficient (Wildman–Crippen LogP) is 3.45. The fourth-order valence-corrected chi connectivity index (χ4v) is 4.34. The van der Waals surface area contributed by atoms with E-state index in [1.54, 1.807) is 9.47 Å². The van der Waals surface area contributed by atoms with Gasteiger partial charge >= 0.3 is 0 Å². The van der Waals surface area contributed by atoms with Gasteiger partial charge in [0.1, 0.15) is 12.4 Å². The zero-order chi connectivity index (χ0) is 24.0. The summed E-state index contributed by atoms with van der Waals surface area (Å²) in [5.74, 6) is 1.95. The number of hydrogen-bond donors (Lipinski definition) is 1. The minimum Gasteiger partial charge on any atom is -0.490 e. The van der Waals surface area contributed by atoms with Crippen molar-refractivity contribution in [2.24, 2.45) is 5.41 Å². The molecule has 2 aromatic carbocycles. The van der Waals surface area contributed by atoms with Crippen molar-refractivity contribution >= 4 is 34.0 Å². The van der Waals surface area contributed by atoms with Gasteiger partial charge in [0.15, 0.2) is 5.82 Å². The second-order valence-corrected chi connectivity index (χ2v) is 9.41. The summed E-state index contributed by atoms with van der Waals surface area (Å²) in [4.78, 5) is 27.7. The number of benzene rings is 2. The SMILES string of the molecule is CCn1c(=O)c2ccccc2n2c(CNc3ccc4c(c3)N(C(=O)C(C)(C)C)CCO4)nnc12. The molecule has 1 amide bonds. The van der Waals surface area contributed by atoms with Crippen molar-refractivity contribution in [2.45, 2.75) is 40.8 Å². The van der Waals surface area contributed by atoms with Crippen molar-refractivity contribution in [1.29, 1.82) is 0 Å². The molecule has 0 fully saturated rings. The van der Waals surface area contributed by atoms with E-state index in [9.17, 15) is 9.59 Å². The van der Waals surface area contributed by atoms with E-state index in [-0.39, 0.29) is 11.5 Å². The summed E-state index contributed by atoms with van der Waals surface area (Å²) in [6.45, 7) is 9.56. The molecule has 1 aliphatic heterocycles. The Morgan fingerprint density at radius 1 is 1.15 bits per heavy atom. The minimum atomic E-state index is -0.491. The van der Waals surface area contributed by atoms with Crippen LogP contribution in [-0.2, 0) is 17.9 Å². The Morgan fingerprint density at radius 3 is 2.71 bits per heavy atom. The lowest BCUT2D eigenvalue weighted by atomic mass is 9.94. The van der Waals surface area contributed by atoms with Gasteiger partial charge in [-0.05, 0) is 37.3 Å². The fourth-order valence-electron chi connectivity index (χ4n) is 4.34. The van der Waals surface area contributed by atoms with Crippen LogP contribution >= 0.6 is 0 Å². The highest BCUT2D eigenvalue weighted by molar-refractivity contribution is 5.99. The number of carbonyl (C=O) groups excluding carboxylic acids is 1. The number of aryl methyl sites for hydroxylation is 1. The van der Waals surface area contributed by atoms with E-state index >= 15 is 0 Å². The second-order valence-electron chi connectivity index (χ2n) is 9.41. The summed E-state index contributed by atoms with van der Waals surface area (Å²) in [5.41, 5.74) is 1.80. The van der Waals surface area contributed by atoms with E-state index in [1.807, 2.05) is 74.6 Å². The van der Waals surface area contributed by atoms with E-state index in [2.05, 4.69) is 15.5 Å². The lowest BCUT2D eigenvalue weighted by molar-refractivity contribution is -0.126. The topological polar surface area (TPSA) is 93.8 Å². The molecular weight excluding hydrogens is 432 g/mol.